The van der Waals surface area contributed by atoms with E-state index in [1.807, 2.05) is 44.2 Å². The number of nitrogens with zero attached hydrogens (tertiary/aromatic N) is 1. The van der Waals surface area contributed by atoms with Crippen molar-refractivity contribution in [3.63, 3.8) is 0 Å². The number of halogens is 1. The smallest absolute Gasteiger partial charge is 0.409 e. The molecular formula is C25H26ClN3O7S. The molecule has 2 aromatic rings. The quantitative estimate of drug-likeness (QED) is 0.261. The molecule has 12 heteroatoms. The fourth-order valence-electron chi connectivity index (χ4n) is 4.35. The second-order valence-corrected chi connectivity index (χ2v) is 11.0. The zero-order valence-corrected chi connectivity index (χ0v) is 21.6. The highest BCUT2D eigenvalue weighted by atomic mass is 35.5. The molecule has 0 saturated carbocycles. The number of ether oxygens (including phenoxy) is 2. The van der Waals surface area contributed by atoms with Gasteiger partial charge in [0.1, 0.15) is 35.9 Å². The van der Waals surface area contributed by atoms with Crippen LogP contribution in [0.15, 0.2) is 54.6 Å². The number of alkyl carbamates (subject to hydrolysis) is 1. The first kappa shape index (κ1) is 26.6. The van der Waals surface area contributed by atoms with Crippen molar-refractivity contribution in [3.05, 3.63) is 65.7 Å². The number of esters is 1. The number of aromatic hydroxyl groups is 1. The summed E-state index contributed by atoms with van der Waals surface area (Å²) < 4.78 is 9.53. The number of fused-ring (bicyclic) bond motifs is 1. The number of phenols is 1. The van der Waals surface area contributed by atoms with Crippen molar-refractivity contribution >= 4 is 47.2 Å². The number of carbonyl (C=O) groups excluding carboxylic acids is 4. The Morgan fingerprint density at radius 1 is 1.11 bits per heavy atom. The van der Waals surface area contributed by atoms with Crippen LogP contribution in [0.4, 0.5) is 4.79 Å². The lowest BCUT2D eigenvalue weighted by atomic mass is 9.95. The maximum atomic E-state index is 13.2. The van der Waals surface area contributed by atoms with E-state index in [0.717, 1.165) is 5.56 Å². The summed E-state index contributed by atoms with van der Waals surface area (Å²) in [6, 6.07) is 11.5. The average molecular weight is 548 g/mol. The van der Waals surface area contributed by atoms with Gasteiger partial charge in [0.2, 0.25) is 11.8 Å². The van der Waals surface area contributed by atoms with Gasteiger partial charge in [0, 0.05) is 4.75 Å². The summed E-state index contributed by atoms with van der Waals surface area (Å²) in [5.74, 6) is -1.63. The maximum Gasteiger partial charge on any atom is 0.409 e. The molecule has 4 rings (SSSR count). The molecule has 0 aromatic heterocycles. The zero-order chi connectivity index (χ0) is 26.7. The minimum absolute atomic E-state index is 0.0224. The van der Waals surface area contributed by atoms with Gasteiger partial charge in [-0.2, -0.15) is 0 Å². The molecule has 0 radical (unpaired) electrons. The number of hydrogen-bond acceptors (Lipinski definition) is 8. The Hall–Kier alpha value is -3.44. The highest BCUT2D eigenvalue weighted by molar-refractivity contribution is 8.01. The highest BCUT2D eigenvalue weighted by Gasteiger charge is 2.64. The minimum Gasteiger partial charge on any atom is -0.508 e. The molecule has 1 unspecified atom stereocenters. The second-order valence-electron chi connectivity index (χ2n) is 9.05. The summed E-state index contributed by atoms with van der Waals surface area (Å²) in [4.78, 5) is 52.7. The summed E-state index contributed by atoms with van der Waals surface area (Å²) in [6.45, 7) is 3.78. The topological polar surface area (TPSA) is 134 Å². The third-order valence-electron chi connectivity index (χ3n) is 6.12. The molecule has 2 saturated heterocycles. The average Bonchev–Trinajstić information content (AvgIpc) is 3.13. The normalized spacial score (nSPS) is 22.3. The van der Waals surface area contributed by atoms with Crippen molar-refractivity contribution in [2.45, 2.75) is 48.7 Å². The molecule has 2 aliphatic heterocycles. The summed E-state index contributed by atoms with van der Waals surface area (Å²) in [5, 5.41) is 14.2. The van der Waals surface area contributed by atoms with Crippen molar-refractivity contribution in [1.82, 2.24) is 15.5 Å². The van der Waals surface area contributed by atoms with Crippen LogP contribution in [0, 0.1) is 0 Å². The van der Waals surface area contributed by atoms with Crippen LogP contribution in [0.25, 0.3) is 0 Å². The monoisotopic (exact) mass is 547 g/mol. The van der Waals surface area contributed by atoms with Gasteiger partial charge in [-0.1, -0.05) is 54.1 Å². The molecule has 4 atom stereocenters. The van der Waals surface area contributed by atoms with Crippen LogP contribution in [0.1, 0.15) is 31.0 Å². The van der Waals surface area contributed by atoms with E-state index < -0.39 is 58.2 Å². The summed E-state index contributed by atoms with van der Waals surface area (Å²) in [6.07, 6.45) is -0.928. The number of thioether (sulfide) groups is 1. The number of β-lactam (4-membered cyclic amide) rings is 1. The molecule has 2 heterocycles. The Morgan fingerprint density at radius 2 is 1.78 bits per heavy atom. The van der Waals surface area contributed by atoms with Gasteiger partial charge in [-0.25, -0.2) is 9.59 Å². The Kier molecular flexibility index (Phi) is 7.84. The van der Waals surface area contributed by atoms with E-state index in [2.05, 4.69) is 15.4 Å². The Morgan fingerprint density at radius 3 is 2.43 bits per heavy atom. The molecule has 0 spiro atoms. The fraction of sp³-hybridized carbons (Fsp3) is 0.360. The Bertz CT molecular complexity index is 1180. The molecule has 2 fully saturated rings. The number of phenolic OH excluding ortho intramolecular Hbond substituents is 1. The fourth-order valence-corrected chi connectivity index (χ4v) is 6.07. The number of carbonyl (C=O) groups is 4. The van der Waals surface area contributed by atoms with E-state index in [1.165, 1.54) is 40.9 Å². The van der Waals surface area contributed by atoms with Gasteiger partial charge < -0.3 is 30.1 Å². The Balaban J connectivity index is 1.45. The van der Waals surface area contributed by atoms with E-state index in [0.29, 0.717) is 5.56 Å². The van der Waals surface area contributed by atoms with Crippen molar-refractivity contribution in [2.24, 2.45) is 0 Å². The van der Waals surface area contributed by atoms with Crippen molar-refractivity contribution < 1.29 is 33.8 Å². The SMILES string of the molecule is CC1(C)S[C@@H]2[C@H](NC(=O)C(NC(=O)OCCl)c3ccc(O)cc3)C(=O)N2[C@H]1C(=O)OCc1ccccc1. The zero-order valence-electron chi connectivity index (χ0n) is 20.0. The second kappa shape index (κ2) is 10.9. The van der Waals surface area contributed by atoms with Crippen LogP contribution < -0.4 is 10.6 Å². The van der Waals surface area contributed by atoms with E-state index in [4.69, 9.17) is 16.3 Å². The van der Waals surface area contributed by atoms with E-state index in [-0.39, 0.29) is 12.4 Å². The summed E-state index contributed by atoms with van der Waals surface area (Å²) in [5.41, 5.74) is 1.18. The first-order chi connectivity index (χ1) is 17.6. The van der Waals surface area contributed by atoms with Crippen LogP contribution in [0.5, 0.6) is 5.75 Å². The molecule has 3 amide bonds. The number of nitrogens with one attached hydrogen (secondary N) is 2. The van der Waals surface area contributed by atoms with Gasteiger partial charge >= 0.3 is 12.1 Å². The number of amides is 3. The number of benzene rings is 2. The molecule has 3 N–H and O–H groups in total. The summed E-state index contributed by atoms with van der Waals surface area (Å²) in [7, 11) is 0. The molecule has 196 valence electrons. The van der Waals surface area contributed by atoms with E-state index in [9.17, 15) is 24.3 Å². The van der Waals surface area contributed by atoms with Crippen molar-refractivity contribution in [1.29, 1.82) is 0 Å². The van der Waals surface area contributed by atoms with E-state index in [1.54, 1.807) is 0 Å². The summed E-state index contributed by atoms with van der Waals surface area (Å²) >= 11 is 6.83. The molecule has 10 nitrogen and oxygen atoms in total. The number of hydrogen-bond donors (Lipinski definition) is 3. The predicted molar refractivity (Wildman–Crippen MR) is 135 cm³/mol. The standard InChI is InChI=1S/C25H26ClN3O7S/c1-25(2)19(23(33)35-12-14-6-4-3-5-7-14)29-21(32)18(22(29)37-25)27-20(31)17(28-24(34)36-13-26)15-8-10-16(30)11-9-15/h3-11,17-19,22,30H,12-13H2,1-2H3,(H,27,31)(H,28,34)/t17?,18-,19+,22-/m1/s1. The molecule has 37 heavy (non-hydrogen) atoms. The lowest BCUT2D eigenvalue weighted by Crippen LogP contribution is -2.71. The molecule has 2 aliphatic rings. The van der Waals surface area contributed by atoms with E-state index >= 15 is 0 Å². The maximum absolute atomic E-state index is 13.2. The van der Waals surface area contributed by atoms with Crippen LogP contribution in [-0.4, -0.2) is 62.2 Å². The molecule has 0 aliphatic carbocycles. The van der Waals surface area contributed by atoms with Crippen LogP contribution in [0.2, 0.25) is 0 Å². The number of alkyl halides is 1. The molecule has 2 aromatic carbocycles. The third kappa shape index (κ3) is 5.62. The Labute approximate surface area is 222 Å². The van der Waals surface area contributed by atoms with Crippen molar-refractivity contribution in [3.8, 4) is 5.75 Å². The van der Waals surface area contributed by atoms with Crippen LogP contribution in [-0.2, 0) is 30.5 Å². The molecule has 0 bridgehead atoms. The third-order valence-corrected chi connectivity index (χ3v) is 7.80. The first-order valence-electron chi connectivity index (χ1n) is 11.4. The lowest BCUT2D eigenvalue weighted by molar-refractivity contribution is -0.165. The number of rotatable bonds is 8. The van der Waals surface area contributed by atoms with Gasteiger partial charge in [0.05, 0.1) is 0 Å². The van der Waals surface area contributed by atoms with Crippen molar-refractivity contribution in [2.75, 3.05) is 6.07 Å². The minimum atomic E-state index is -1.22. The lowest BCUT2D eigenvalue weighted by Gasteiger charge is -2.44. The first-order valence-corrected chi connectivity index (χ1v) is 12.8. The predicted octanol–water partition coefficient (Wildman–Crippen LogP) is 2.65. The highest BCUT2D eigenvalue weighted by Crippen LogP contribution is 2.51. The van der Waals surface area contributed by atoms with Gasteiger partial charge in [0.25, 0.3) is 0 Å². The van der Waals surface area contributed by atoms with Crippen LogP contribution >= 0.6 is 23.4 Å². The largest absolute Gasteiger partial charge is 0.508 e. The molecular weight excluding hydrogens is 522 g/mol. The van der Waals surface area contributed by atoms with Gasteiger partial charge in [-0.3, -0.25) is 9.59 Å². The van der Waals surface area contributed by atoms with Crippen LogP contribution in [0.3, 0.4) is 0 Å². The van der Waals surface area contributed by atoms with Gasteiger partial charge in [0.15, 0.2) is 6.07 Å². The van der Waals surface area contributed by atoms with Gasteiger partial charge in [-0.05, 0) is 37.1 Å². The van der Waals surface area contributed by atoms with Gasteiger partial charge in [-0.15, -0.1) is 11.8 Å².